The molecule has 2 heterocycles. The molecule has 2 rings (SSSR count). The molecule has 4 nitrogen and oxygen atoms in total. The largest absolute Gasteiger partial charge is 0.444 e. The van der Waals surface area contributed by atoms with E-state index in [1.165, 1.54) is 0 Å². The number of aromatic nitrogens is 1. The third kappa shape index (κ3) is 4.71. The zero-order chi connectivity index (χ0) is 14.6. The Morgan fingerprint density at radius 2 is 2.30 bits per heavy atom. The second-order valence-corrected chi connectivity index (χ2v) is 7.26. The summed E-state index contributed by atoms with van der Waals surface area (Å²) in [5, 5.41) is 0.476. The van der Waals surface area contributed by atoms with Crippen LogP contribution in [0.3, 0.4) is 0 Å². The molecule has 0 radical (unpaired) electrons. The molecule has 1 atom stereocenters. The summed E-state index contributed by atoms with van der Waals surface area (Å²) in [6.45, 7) is 7.25. The minimum absolute atomic E-state index is 0.196. The summed E-state index contributed by atoms with van der Waals surface area (Å²) < 4.78 is 5.40. The minimum atomic E-state index is -0.420. The molecule has 0 unspecified atom stereocenters. The van der Waals surface area contributed by atoms with Gasteiger partial charge >= 0.3 is 6.09 Å². The molecule has 0 spiro atoms. The van der Waals surface area contributed by atoms with Gasteiger partial charge in [-0.1, -0.05) is 6.07 Å². The molecule has 1 fully saturated rings. The number of carbonyl (C=O) groups excluding carboxylic acids is 1. The van der Waals surface area contributed by atoms with Gasteiger partial charge < -0.3 is 9.64 Å². The quantitative estimate of drug-likeness (QED) is 0.857. The molecule has 1 aromatic heterocycles. The molecule has 20 heavy (non-hydrogen) atoms. The van der Waals surface area contributed by atoms with Gasteiger partial charge in [0.05, 0.1) is 5.69 Å². The summed E-state index contributed by atoms with van der Waals surface area (Å²) in [6.07, 6.45) is 2.65. The van der Waals surface area contributed by atoms with Gasteiger partial charge in [0.2, 0.25) is 0 Å². The van der Waals surface area contributed by atoms with Crippen molar-refractivity contribution in [1.29, 1.82) is 0 Å². The van der Waals surface area contributed by atoms with E-state index < -0.39 is 5.60 Å². The molecule has 1 saturated heterocycles. The van der Waals surface area contributed by atoms with E-state index in [2.05, 4.69) is 4.98 Å². The minimum Gasteiger partial charge on any atom is -0.444 e. The van der Waals surface area contributed by atoms with Crippen molar-refractivity contribution < 1.29 is 9.53 Å². The number of thioether (sulfide) groups is 1. The lowest BCUT2D eigenvalue weighted by Gasteiger charge is -2.24. The average Bonchev–Trinajstić information content (AvgIpc) is 2.84. The number of rotatable bonds is 3. The number of pyridine rings is 1. The fraction of sp³-hybridized carbons (Fsp3) is 0.600. The molecule has 1 aromatic rings. The van der Waals surface area contributed by atoms with Gasteiger partial charge in [-0.15, -0.1) is 0 Å². The number of carbonyl (C=O) groups is 1. The third-order valence-electron chi connectivity index (χ3n) is 2.99. The summed E-state index contributed by atoms with van der Waals surface area (Å²) in [6, 6.07) is 5.96. The number of nitrogens with zero attached hydrogens (tertiary/aromatic N) is 2. The standard InChI is InChI=1S/C15H22N2O2S/c1-15(2,3)19-14(18)17-9-7-13(10-17)20-11-12-6-4-5-8-16-12/h4-6,8,13H,7,9-11H2,1-3H3/t13-/m0/s1. The number of likely N-dealkylation sites (tertiary alicyclic amines) is 1. The van der Waals surface area contributed by atoms with E-state index in [4.69, 9.17) is 4.74 Å². The van der Waals surface area contributed by atoms with E-state index in [1.807, 2.05) is 56.9 Å². The maximum Gasteiger partial charge on any atom is 0.410 e. The topological polar surface area (TPSA) is 42.4 Å². The lowest BCUT2D eigenvalue weighted by Crippen LogP contribution is -2.35. The van der Waals surface area contributed by atoms with E-state index in [9.17, 15) is 4.79 Å². The van der Waals surface area contributed by atoms with E-state index in [0.29, 0.717) is 5.25 Å². The molecule has 5 heteroatoms. The van der Waals surface area contributed by atoms with Crippen LogP contribution in [0.5, 0.6) is 0 Å². The fourth-order valence-electron chi connectivity index (χ4n) is 2.04. The SMILES string of the molecule is CC(C)(C)OC(=O)N1CC[C@H](SCc2ccccn2)C1. The Balaban J connectivity index is 1.76. The lowest BCUT2D eigenvalue weighted by atomic mass is 10.2. The van der Waals surface area contributed by atoms with Crippen LogP contribution in [0.15, 0.2) is 24.4 Å². The highest BCUT2D eigenvalue weighted by molar-refractivity contribution is 7.99. The van der Waals surface area contributed by atoms with Crippen LogP contribution in [0, 0.1) is 0 Å². The zero-order valence-corrected chi connectivity index (χ0v) is 13.2. The summed E-state index contributed by atoms with van der Waals surface area (Å²) in [5.41, 5.74) is 0.671. The second-order valence-electron chi connectivity index (χ2n) is 5.97. The first kappa shape index (κ1) is 15.2. The number of hydrogen-bond acceptors (Lipinski definition) is 4. The third-order valence-corrected chi connectivity index (χ3v) is 4.31. The fourth-order valence-corrected chi connectivity index (χ4v) is 3.18. The normalized spacial score (nSPS) is 19.1. The first-order valence-electron chi connectivity index (χ1n) is 6.93. The molecule has 0 saturated carbocycles. The highest BCUT2D eigenvalue weighted by Gasteiger charge is 2.29. The van der Waals surface area contributed by atoms with Crippen molar-refractivity contribution in [3.05, 3.63) is 30.1 Å². The van der Waals surface area contributed by atoms with Crippen LogP contribution >= 0.6 is 11.8 Å². The Morgan fingerprint density at radius 3 is 2.95 bits per heavy atom. The molecular formula is C15H22N2O2S. The van der Waals surface area contributed by atoms with Crippen molar-refractivity contribution in [3.8, 4) is 0 Å². The Kier molecular flexibility index (Phi) is 4.91. The summed E-state index contributed by atoms with van der Waals surface area (Å²) in [7, 11) is 0. The number of ether oxygens (including phenoxy) is 1. The van der Waals surface area contributed by atoms with E-state index >= 15 is 0 Å². The predicted molar refractivity (Wildman–Crippen MR) is 81.7 cm³/mol. The molecule has 0 aromatic carbocycles. The molecule has 0 bridgehead atoms. The molecular weight excluding hydrogens is 272 g/mol. The van der Waals surface area contributed by atoms with Crippen molar-refractivity contribution in [2.75, 3.05) is 13.1 Å². The zero-order valence-electron chi connectivity index (χ0n) is 12.3. The van der Waals surface area contributed by atoms with Gasteiger partial charge in [-0.3, -0.25) is 4.98 Å². The van der Waals surface area contributed by atoms with Crippen molar-refractivity contribution in [1.82, 2.24) is 9.88 Å². The van der Waals surface area contributed by atoms with Crippen LogP contribution < -0.4 is 0 Å². The maximum absolute atomic E-state index is 12.0. The van der Waals surface area contributed by atoms with Gasteiger partial charge in [0.15, 0.2) is 0 Å². The summed E-state index contributed by atoms with van der Waals surface area (Å²) in [4.78, 5) is 18.1. The highest BCUT2D eigenvalue weighted by atomic mass is 32.2. The Morgan fingerprint density at radius 1 is 1.50 bits per heavy atom. The second kappa shape index (κ2) is 6.48. The van der Waals surface area contributed by atoms with Gasteiger partial charge in [-0.05, 0) is 39.3 Å². The van der Waals surface area contributed by atoms with Crippen LogP contribution in [0.4, 0.5) is 4.79 Å². The Labute approximate surface area is 124 Å². The van der Waals surface area contributed by atoms with Gasteiger partial charge in [-0.25, -0.2) is 4.79 Å². The van der Waals surface area contributed by atoms with Crippen LogP contribution in [0.2, 0.25) is 0 Å². The molecule has 110 valence electrons. The Hall–Kier alpha value is -1.23. The lowest BCUT2D eigenvalue weighted by molar-refractivity contribution is 0.0295. The first-order chi connectivity index (χ1) is 9.44. The number of hydrogen-bond donors (Lipinski definition) is 0. The van der Waals surface area contributed by atoms with Gasteiger partial charge in [0.1, 0.15) is 5.60 Å². The summed E-state index contributed by atoms with van der Waals surface area (Å²) >= 11 is 1.86. The van der Waals surface area contributed by atoms with Gasteiger partial charge in [0, 0.05) is 30.3 Å². The molecule has 1 aliphatic heterocycles. The van der Waals surface area contributed by atoms with Crippen molar-refractivity contribution in [3.63, 3.8) is 0 Å². The maximum atomic E-state index is 12.0. The molecule has 1 aliphatic rings. The summed E-state index contributed by atoms with van der Waals surface area (Å²) in [5.74, 6) is 0.896. The van der Waals surface area contributed by atoms with Crippen molar-refractivity contribution in [2.45, 2.75) is 43.8 Å². The molecule has 0 aliphatic carbocycles. The molecule has 1 amide bonds. The van der Waals surface area contributed by atoms with Crippen LogP contribution in [-0.2, 0) is 10.5 Å². The van der Waals surface area contributed by atoms with E-state index in [0.717, 1.165) is 31.0 Å². The van der Waals surface area contributed by atoms with Crippen molar-refractivity contribution in [2.24, 2.45) is 0 Å². The number of amides is 1. The van der Waals surface area contributed by atoms with Crippen LogP contribution in [0.25, 0.3) is 0 Å². The average molecular weight is 294 g/mol. The van der Waals surface area contributed by atoms with Gasteiger partial charge in [-0.2, -0.15) is 11.8 Å². The van der Waals surface area contributed by atoms with Crippen LogP contribution in [0.1, 0.15) is 32.9 Å². The van der Waals surface area contributed by atoms with E-state index in [1.54, 1.807) is 4.90 Å². The van der Waals surface area contributed by atoms with E-state index in [-0.39, 0.29) is 6.09 Å². The smallest absolute Gasteiger partial charge is 0.410 e. The Bertz CT molecular complexity index is 445. The predicted octanol–water partition coefficient (Wildman–Crippen LogP) is 3.32. The monoisotopic (exact) mass is 294 g/mol. The van der Waals surface area contributed by atoms with Crippen molar-refractivity contribution >= 4 is 17.9 Å². The molecule has 0 N–H and O–H groups in total. The van der Waals surface area contributed by atoms with Crippen LogP contribution in [-0.4, -0.2) is 39.9 Å². The highest BCUT2D eigenvalue weighted by Crippen LogP contribution is 2.26. The van der Waals surface area contributed by atoms with Gasteiger partial charge in [0.25, 0.3) is 0 Å². The first-order valence-corrected chi connectivity index (χ1v) is 7.98.